The van der Waals surface area contributed by atoms with Gasteiger partial charge in [-0.15, -0.1) is 0 Å². The van der Waals surface area contributed by atoms with E-state index in [0.29, 0.717) is 13.0 Å². The number of carbonyl (C=O) groups is 1. The van der Waals surface area contributed by atoms with Crippen molar-refractivity contribution in [3.05, 3.63) is 35.6 Å². The van der Waals surface area contributed by atoms with Gasteiger partial charge in [0.15, 0.2) is 5.96 Å². The van der Waals surface area contributed by atoms with Crippen LogP contribution < -0.4 is 5.32 Å². The predicted octanol–water partition coefficient (Wildman–Crippen LogP) is 2.51. The molecule has 1 saturated heterocycles. The number of nitrogens with one attached hydrogen (secondary N) is 1. The van der Waals surface area contributed by atoms with E-state index in [0.717, 1.165) is 37.5 Å². The number of guanidine groups is 1. The molecule has 0 radical (unpaired) electrons. The molecule has 2 atom stereocenters. The highest BCUT2D eigenvalue weighted by molar-refractivity contribution is 5.80. The summed E-state index contributed by atoms with van der Waals surface area (Å²) in [7, 11) is 3.16. The van der Waals surface area contributed by atoms with Crippen LogP contribution >= 0.6 is 0 Å². The van der Waals surface area contributed by atoms with Gasteiger partial charge in [-0.25, -0.2) is 4.39 Å². The van der Waals surface area contributed by atoms with Crippen LogP contribution in [-0.2, 0) is 14.3 Å². The molecule has 0 amide bonds. The number of unbranched alkanes of at least 4 members (excludes halogenated alkanes) is 1. The Kier molecular flexibility index (Phi) is 7.84. The smallest absolute Gasteiger partial charge is 0.305 e. The van der Waals surface area contributed by atoms with E-state index < -0.39 is 0 Å². The van der Waals surface area contributed by atoms with Gasteiger partial charge in [0, 0.05) is 26.6 Å². The Labute approximate surface area is 154 Å². The number of morpholine rings is 1. The molecule has 1 aromatic rings. The molecule has 0 aromatic heterocycles. The van der Waals surface area contributed by atoms with E-state index in [1.54, 1.807) is 19.2 Å². The number of rotatable bonds is 6. The number of carbonyl (C=O) groups excluding carboxylic acids is 1. The van der Waals surface area contributed by atoms with Gasteiger partial charge in [-0.1, -0.05) is 12.1 Å². The van der Waals surface area contributed by atoms with E-state index in [1.807, 2.05) is 6.92 Å². The Morgan fingerprint density at radius 1 is 1.35 bits per heavy atom. The summed E-state index contributed by atoms with van der Waals surface area (Å²) < 4.78 is 23.8. The standard InChI is InChI=1S/C19H28FN3O3/c1-14-12-23(13-17(26-14)15-7-9-16(20)10-8-15)19(21-2)22-11-5-4-6-18(24)25-3/h7-10,14,17H,4-6,11-13H2,1-3H3,(H,21,22). The van der Waals surface area contributed by atoms with Crippen LogP contribution in [0.2, 0.25) is 0 Å². The summed E-state index contributed by atoms with van der Waals surface area (Å²) in [6, 6.07) is 6.44. The molecule has 26 heavy (non-hydrogen) atoms. The second kappa shape index (κ2) is 10.1. The van der Waals surface area contributed by atoms with Gasteiger partial charge in [0.2, 0.25) is 0 Å². The summed E-state index contributed by atoms with van der Waals surface area (Å²) in [5.74, 6) is 0.378. The van der Waals surface area contributed by atoms with Crippen LogP contribution in [0.3, 0.4) is 0 Å². The normalized spacial score (nSPS) is 20.8. The van der Waals surface area contributed by atoms with Crippen molar-refractivity contribution in [3.8, 4) is 0 Å². The number of methoxy groups -OCH3 is 1. The molecule has 1 aromatic carbocycles. The van der Waals surface area contributed by atoms with Gasteiger partial charge >= 0.3 is 5.97 Å². The van der Waals surface area contributed by atoms with E-state index in [2.05, 4.69) is 19.9 Å². The summed E-state index contributed by atoms with van der Waals surface area (Å²) in [6.07, 6.45) is 1.97. The van der Waals surface area contributed by atoms with Gasteiger partial charge in [0.1, 0.15) is 11.9 Å². The fraction of sp³-hybridized carbons (Fsp3) is 0.579. The lowest BCUT2D eigenvalue weighted by Crippen LogP contribution is -2.50. The maximum absolute atomic E-state index is 13.2. The molecule has 2 unspecified atom stereocenters. The Balaban J connectivity index is 1.88. The molecule has 1 N–H and O–H groups in total. The average molecular weight is 365 g/mol. The van der Waals surface area contributed by atoms with Gasteiger partial charge in [-0.3, -0.25) is 9.79 Å². The first-order chi connectivity index (χ1) is 12.5. The third kappa shape index (κ3) is 5.98. The first-order valence-corrected chi connectivity index (χ1v) is 8.96. The second-order valence-electron chi connectivity index (χ2n) is 6.40. The van der Waals surface area contributed by atoms with Crippen LogP contribution in [0.4, 0.5) is 4.39 Å². The van der Waals surface area contributed by atoms with Crippen LogP contribution in [-0.4, -0.2) is 56.7 Å². The van der Waals surface area contributed by atoms with Gasteiger partial charge in [0.25, 0.3) is 0 Å². The molecule has 144 valence electrons. The number of esters is 1. The molecule has 6 nitrogen and oxygen atoms in total. The summed E-state index contributed by atoms with van der Waals surface area (Å²) >= 11 is 0. The quantitative estimate of drug-likeness (QED) is 0.363. The molecule has 1 aliphatic rings. The lowest BCUT2D eigenvalue weighted by atomic mass is 10.1. The first kappa shape index (κ1) is 20.2. The number of ether oxygens (including phenoxy) is 2. The van der Waals surface area contributed by atoms with Crippen molar-refractivity contribution >= 4 is 11.9 Å². The molecule has 0 spiro atoms. The zero-order valence-corrected chi connectivity index (χ0v) is 15.7. The molecule has 0 saturated carbocycles. The Hall–Kier alpha value is -2.15. The van der Waals surface area contributed by atoms with Crippen molar-refractivity contribution < 1.29 is 18.7 Å². The first-order valence-electron chi connectivity index (χ1n) is 8.96. The average Bonchev–Trinajstić information content (AvgIpc) is 2.64. The maximum Gasteiger partial charge on any atom is 0.305 e. The van der Waals surface area contributed by atoms with E-state index in [9.17, 15) is 9.18 Å². The van der Waals surface area contributed by atoms with Crippen LogP contribution in [0.25, 0.3) is 0 Å². The maximum atomic E-state index is 13.2. The van der Waals surface area contributed by atoms with Gasteiger partial charge in [0.05, 0.1) is 19.8 Å². The zero-order chi connectivity index (χ0) is 18.9. The molecule has 0 aliphatic carbocycles. The van der Waals surface area contributed by atoms with Crippen LogP contribution in [0.5, 0.6) is 0 Å². The van der Waals surface area contributed by atoms with Gasteiger partial charge in [-0.05, 0) is 37.5 Å². The van der Waals surface area contributed by atoms with E-state index in [4.69, 9.17) is 4.74 Å². The van der Waals surface area contributed by atoms with Crippen LogP contribution in [0.15, 0.2) is 29.3 Å². The van der Waals surface area contributed by atoms with Crippen molar-refractivity contribution in [2.24, 2.45) is 4.99 Å². The summed E-state index contributed by atoms with van der Waals surface area (Å²) in [4.78, 5) is 17.6. The Morgan fingerprint density at radius 2 is 2.08 bits per heavy atom. The van der Waals surface area contributed by atoms with Crippen molar-refractivity contribution in [2.45, 2.75) is 38.4 Å². The lowest BCUT2D eigenvalue weighted by Gasteiger charge is -2.38. The molecular weight excluding hydrogens is 337 g/mol. The monoisotopic (exact) mass is 365 g/mol. The number of hydrogen-bond acceptors (Lipinski definition) is 4. The van der Waals surface area contributed by atoms with Crippen LogP contribution in [0, 0.1) is 5.82 Å². The highest BCUT2D eigenvalue weighted by atomic mass is 19.1. The molecular formula is C19H28FN3O3. The van der Waals surface area contributed by atoms with E-state index in [-0.39, 0.29) is 24.0 Å². The third-order valence-corrected chi connectivity index (χ3v) is 4.33. The predicted molar refractivity (Wildman–Crippen MR) is 98.5 cm³/mol. The largest absolute Gasteiger partial charge is 0.469 e. The fourth-order valence-electron chi connectivity index (χ4n) is 3.01. The van der Waals surface area contributed by atoms with Crippen molar-refractivity contribution in [1.29, 1.82) is 0 Å². The van der Waals surface area contributed by atoms with Crippen molar-refractivity contribution in [2.75, 3.05) is 33.8 Å². The zero-order valence-electron chi connectivity index (χ0n) is 15.7. The van der Waals surface area contributed by atoms with Crippen molar-refractivity contribution in [1.82, 2.24) is 10.2 Å². The molecule has 1 fully saturated rings. The minimum absolute atomic E-state index is 0.0386. The number of aliphatic imine (C=N–C) groups is 1. The number of benzene rings is 1. The topological polar surface area (TPSA) is 63.2 Å². The third-order valence-electron chi connectivity index (χ3n) is 4.33. The highest BCUT2D eigenvalue weighted by Crippen LogP contribution is 2.25. The second-order valence-corrected chi connectivity index (χ2v) is 6.40. The molecule has 1 aliphatic heterocycles. The highest BCUT2D eigenvalue weighted by Gasteiger charge is 2.28. The van der Waals surface area contributed by atoms with Crippen LogP contribution in [0.1, 0.15) is 37.9 Å². The lowest BCUT2D eigenvalue weighted by molar-refractivity contribution is -0.140. The Morgan fingerprint density at radius 3 is 2.73 bits per heavy atom. The summed E-state index contributed by atoms with van der Waals surface area (Å²) in [5.41, 5.74) is 0.955. The minimum atomic E-state index is -0.251. The summed E-state index contributed by atoms with van der Waals surface area (Å²) in [5, 5.41) is 3.34. The van der Waals surface area contributed by atoms with Crippen molar-refractivity contribution in [3.63, 3.8) is 0 Å². The summed E-state index contributed by atoms with van der Waals surface area (Å²) in [6.45, 7) is 4.14. The molecule has 2 rings (SSSR count). The molecule has 0 bridgehead atoms. The minimum Gasteiger partial charge on any atom is -0.469 e. The Bertz CT molecular complexity index is 607. The number of nitrogens with zero attached hydrogens (tertiary/aromatic N) is 2. The molecule has 7 heteroatoms. The number of hydrogen-bond donors (Lipinski definition) is 1. The van der Waals surface area contributed by atoms with E-state index >= 15 is 0 Å². The van der Waals surface area contributed by atoms with Gasteiger partial charge in [-0.2, -0.15) is 0 Å². The number of halogens is 1. The van der Waals surface area contributed by atoms with Gasteiger partial charge < -0.3 is 19.7 Å². The molecule has 1 heterocycles. The SMILES string of the molecule is CN=C(NCCCCC(=O)OC)N1CC(C)OC(c2ccc(F)cc2)C1. The fourth-order valence-corrected chi connectivity index (χ4v) is 3.01. The van der Waals surface area contributed by atoms with E-state index in [1.165, 1.54) is 19.2 Å².